The van der Waals surface area contributed by atoms with Gasteiger partial charge in [-0.1, -0.05) is 13.0 Å². The molecule has 6 nitrogen and oxygen atoms in total. The number of nitrogens with zero attached hydrogens (tertiary/aromatic N) is 4. The quantitative estimate of drug-likeness (QED) is 0.892. The Morgan fingerprint density at radius 1 is 1.28 bits per heavy atom. The first-order valence-corrected chi connectivity index (χ1v) is 9.20. The van der Waals surface area contributed by atoms with Gasteiger partial charge >= 0.3 is 0 Å². The molecule has 0 unspecified atom stereocenters. The molecule has 132 valence electrons. The number of likely N-dealkylation sites (tertiary alicyclic amines) is 1. The standard InChI is InChI=1S/C19H25N5O/c1-3-24-10-4-5-14(11-24)21-19-20-12(2)17(22-23-19)16-9-7-13-6-8-15(13)18(16)25/h7,9,14,25H,3-6,8,10-11H2,1-2H3,(H,20,21,23)/t14-/m1/s1. The Hall–Kier alpha value is -2.21. The van der Waals surface area contributed by atoms with E-state index in [1.165, 1.54) is 18.5 Å². The van der Waals surface area contributed by atoms with Crippen molar-refractivity contribution in [3.63, 3.8) is 0 Å². The number of likely N-dealkylation sites (N-methyl/N-ethyl adjacent to an activating group) is 1. The van der Waals surface area contributed by atoms with Gasteiger partial charge in [0.25, 0.3) is 0 Å². The predicted molar refractivity (Wildman–Crippen MR) is 97.8 cm³/mol. The summed E-state index contributed by atoms with van der Waals surface area (Å²) < 4.78 is 0. The summed E-state index contributed by atoms with van der Waals surface area (Å²) in [6.45, 7) is 7.38. The van der Waals surface area contributed by atoms with Crippen molar-refractivity contribution in [2.75, 3.05) is 25.0 Å². The molecule has 0 amide bonds. The highest BCUT2D eigenvalue weighted by molar-refractivity contribution is 5.72. The molecule has 25 heavy (non-hydrogen) atoms. The number of aromatic nitrogens is 3. The number of nitrogens with one attached hydrogen (secondary N) is 1. The first-order valence-electron chi connectivity index (χ1n) is 9.20. The van der Waals surface area contributed by atoms with Gasteiger partial charge in [-0.25, -0.2) is 4.98 Å². The zero-order valence-corrected chi connectivity index (χ0v) is 14.9. The first-order chi connectivity index (χ1) is 12.2. The van der Waals surface area contributed by atoms with Crippen LogP contribution in [0.3, 0.4) is 0 Å². The Balaban J connectivity index is 1.54. The second-order valence-electron chi connectivity index (χ2n) is 7.05. The van der Waals surface area contributed by atoms with Gasteiger partial charge in [-0.2, -0.15) is 0 Å². The van der Waals surface area contributed by atoms with Crippen molar-refractivity contribution in [3.05, 3.63) is 29.0 Å². The van der Waals surface area contributed by atoms with Crippen LogP contribution >= 0.6 is 0 Å². The minimum atomic E-state index is 0.342. The lowest BCUT2D eigenvalue weighted by Gasteiger charge is -2.32. The molecule has 1 aliphatic heterocycles. The highest BCUT2D eigenvalue weighted by Crippen LogP contribution is 2.39. The summed E-state index contributed by atoms with van der Waals surface area (Å²) in [4.78, 5) is 7.03. The second-order valence-corrected chi connectivity index (χ2v) is 7.05. The third-order valence-electron chi connectivity index (χ3n) is 5.43. The van der Waals surface area contributed by atoms with Crippen molar-refractivity contribution in [1.82, 2.24) is 20.1 Å². The van der Waals surface area contributed by atoms with E-state index in [0.29, 0.717) is 23.4 Å². The zero-order chi connectivity index (χ0) is 17.4. The topological polar surface area (TPSA) is 74.2 Å². The Morgan fingerprint density at radius 2 is 2.16 bits per heavy atom. The summed E-state index contributed by atoms with van der Waals surface area (Å²) in [6.07, 6.45) is 4.31. The van der Waals surface area contributed by atoms with Gasteiger partial charge in [0.05, 0.1) is 5.69 Å². The van der Waals surface area contributed by atoms with Crippen LogP contribution in [0.15, 0.2) is 12.1 Å². The Kier molecular flexibility index (Phi) is 4.29. The van der Waals surface area contributed by atoms with Crippen molar-refractivity contribution in [2.24, 2.45) is 0 Å². The Morgan fingerprint density at radius 3 is 2.88 bits per heavy atom. The fraction of sp³-hybridized carbons (Fsp3) is 0.526. The summed E-state index contributed by atoms with van der Waals surface area (Å²) in [6, 6.07) is 4.37. The van der Waals surface area contributed by atoms with Crippen molar-refractivity contribution in [1.29, 1.82) is 0 Å². The van der Waals surface area contributed by atoms with Crippen LogP contribution in [0.2, 0.25) is 0 Å². The molecule has 4 rings (SSSR count). The molecule has 2 N–H and O–H groups in total. The minimum Gasteiger partial charge on any atom is -0.507 e. The Labute approximate surface area is 148 Å². The lowest BCUT2D eigenvalue weighted by molar-refractivity contribution is 0.226. The van der Waals surface area contributed by atoms with Gasteiger partial charge in [-0.15, -0.1) is 10.2 Å². The van der Waals surface area contributed by atoms with Gasteiger partial charge in [0, 0.05) is 18.2 Å². The van der Waals surface area contributed by atoms with Crippen molar-refractivity contribution >= 4 is 5.95 Å². The first kappa shape index (κ1) is 16.3. The predicted octanol–water partition coefficient (Wildman–Crippen LogP) is 2.55. The maximum absolute atomic E-state index is 10.5. The van der Waals surface area contributed by atoms with Gasteiger partial charge < -0.3 is 15.3 Å². The van der Waals surface area contributed by atoms with Crippen molar-refractivity contribution < 1.29 is 5.11 Å². The summed E-state index contributed by atoms with van der Waals surface area (Å²) in [7, 11) is 0. The molecule has 1 fully saturated rings. The van der Waals surface area contributed by atoms with E-state index in [1.807, 2.05) is 13.0 Å². The van der Waals surface area contributed by atoms with Gasteiger partial charge in [-0.3, -0.25) is 0 Å². The largest absolute Gasteiger partial charge is 0.507 e. The molecular weight excluding hydrogens is 314 g/mol. The van der Waals surface area contributed by atoms with Gasteiger partial charge in [0.15, 0.2) is 0 Å². The maximum Gasteiger partial charge on any atom is 0.243 e. The lowest BCUT2D eigenvalue weighted by Crippen LogP contribution is -2.42. The lowest BCUT2D eigenvalue weighted by atomic mass is 9.85. The number of rotatable bonds is 4. The number of phenols is 1. The van der Waals surface area contributed by atoms with E-state index >= 15 is 0 Å². The van der Waals surface area contributed by atoms with Crippen molar-refractivity contribution in [2.45, 2.75) is 45.6 Å². The van der Waals surface area contributed by atoms with E-state index in [9.17, 15) is 5.11 Å². The zero-order valence-electron chi connectivity index (χ0n) is 14.9. The molecule has 1 aromatic carbocycles. The number of fused-ring (bicyclic) bond motifs is 1. The van der Waals surface area contributed by atoms with E-state index in [1.54, 1.807) is 0 Å². The number of piperidine rings is 1. The average molecular weight is 339 g/mol. The van der Waals surface area contributed by atoms with Crippen LogP contribution < -0.4 is 5.32 Å². The molecule has 1 aromatic heterocycles. The van der Waals surface area contributed by atoms with Crippen LogP contribution in [0.25, 0.3) is 11.3 Å². The third-order valence-corrected chi connectivity index (χ3v) is 5.43. The highest BCUT2D eigenvalue weighted by atomic mass is 16.3. The SMILES string of the molecule is CCN1CCC[C@@H](Nc2nnc(-c3ccc4c(c3O)CC4)c(C)n2)C1. The normalized spacial score (nSPS) is 20.0. The van der Waals surface area contributed by atoms with E-state index in [-0.39, 0.29) is 0 Å². The number of aromatic hydroxyl groups is 1. The van der Waals surface area contributed by atoms with Crippen LogP contribution in [0.5, 0.6) is 5.75 Å². The van der Waals surface area contributed by atoms with E-state index in [4.69, 9.17) is 0 Å². The average Bonchev–Trinajstić information content (AvgIpc) is 2.58. The van der Waals surface area contributed by atoms with E-state index in [2.05, 4.69) is 38.4 Å². The number of phenolic OH excluding ortho intramolecular Hbond substituents is 1. The van der Waals surface area contributed by atoms with Gasteiger partial charge in [0.1, 0.15) is 11.4 Å². The summed E-state index contributed by atoms with van der Waals surface area (Å²) in [5.74, 6) is 0.919. The molecular formula is C19H25N5O. The van der Waals surface area contributed by atoms with Crippen molar-refractivity contribution in [3.8, 4) is 17.0 Å². The molecule has 0 saturated carbocycles. The molecule has 1 saturated heterocycles. The summed E-state index contributed by atoms with van der Waals surface area (Å²) in [5.41, 5.74) is 4.46. The van der Waals surface area contributed by atoms with Crippen LogP contribution in [0, 0.1) is 6.92 Å². The number of hydrogen-bond donors (Lipinski definition) is 2. The number of hydrogen-bond acceptors (Lipinski definition) is 6. The number of anilines is 1. The monoisotopic (exact) mass is 339 g/mol. The highest BCUT2D eigenvalue weighted by Gasteiger charge is 2.23. The molecule has 2 aliphatic rings. The van der Waals surface area contributed by atoms with Gasteiger partial charge in [0.2, 0.25) is 5.95 Å². The molecule has 1 aliphatic carbocycles. The molecule has 6 heteroatoms. The summed E-state index contributed by atoms with van der Waals surface area (Å²) >= 11 is 0. The van der Waals surface area contributed by atoms with Crippen LogP contribution in [0.4, 0.5) is 5.95 Å². The molecule has 0 spiro atoms. The third kappa shape index (κ3) is 3.06. The molecule has 2 heterocycles. The fourth-order valence-corrected chi connectivity index (χ4v) is 3.82. The summed E-state index contributed by atoms with van der Waals surface area (Å²) in [5, 5.41) is 22.5. The molecule has 2 aromatic rings. The Bertz CT molecular complexity index is 792. The van der Waals surface area contributed by atoms with Crippen LogP contribution in [-0.4, -0.2) is 50.9 Å². The fourth-order valence-electron chi connectivity index (χ4n) is 3.82. The van der Waals surface area contributed by atoms with Crippen LogP contribution in [0.1, 0.15) is 36.6 Å². The number of aryl methyl sites for hydroxylation is 2. The molecule has 1 atom stereocenters. The van der Waals surface area contributed by atoms with E-state index in [0.717, 1.165) is 49.2 Å². The smallest absolute Gasteiger partial charge is 0.243 e. The molecule has 0 bridgehead atoms. The van der Waals surface area contributed by atoms with Gasteiger partial charge in [-0.05, 0) is 62.9 Å². The van der Waals surface area contributed by atoms with Crippen LogP contribution in [-0.2, 0) is 12.8 Å². The minimum absolute atomic E-state index is 0.342. The van der Waals surface area contributed by atoms with E-state index < -0.39 is 0 Å². The second kappa shape index (κ2) is 6.59. The maximum atomic E-state index is 10.5. The number of benzene rings is 1. The molecule has 0 radical (unpaired) electrons.